The van der Waals surface area contributed by atoms with E-state index in [1.165, 1.54) is 5.56 Å². The van der Waals surface area contributed by atoms with Gasteiger partial charge in [0.1, 0.15) is 5.75 Å². The fourth-order valence-corrected chi connectivity index (χ4v) is 1.84. The van der Waals surface area contributed by atoms with Crippen molar-refractivity contribution in [2.45, 2.75) is 32.9 Å². The zero-order valence-corrected chi connectivity index (χ0v) is 11.1. The van der Waals surface area contributed by atoms with Crippen LogP contribution in [-0.2, 0) is 0 Å². The molecular weight excluding hydrogens is 214 g/mol. The van der Waals surface area contributed by atoms with Gasteiger partial charge >= 0.3 is 0 Å². The fourth-order valence-electron chi connectivity index (χ4n) is 1.84. The quantitative estimate of drug-likeness (QED) is 0.798. The fraction of sp³-hybridized carbons (Fsp3) is 0.571. The maximum Gasteiger partial charge on any atom is 0.118 e. The van der Waals surface area contributed by atoms with Crippen molar-refractivity contribution in [2.75, 3.05) is 13.7 Å². The van der Waals surface area contributed by atoms with Crippen LogP contribution < -0.4 is 10.1 Å². The minimum Gasteiger partial charge on any atom is -0.497 e. The van der Waals surface area contributed by atoms with Gasteiger partial charge in [-0.05, 0) is 30.5 Å². The van der Waals surface area contributed by atoms with Crippen molar-refractivity contribution < 1.29 is 9.84 Å². The third-order valence-electron chi connectivity index (χ3n) is 2.88. The van der Waals surface area contributed by atoms with E-state index in [1.54, 1.807) is 7.11 Å². The normalized spacial score (nSPS) is 14.7. The van der Waals surface area contributed by atoms with Crippen LogP contribution in [0, 0.1) is 5.92 Å². The van der Waals surface area contributed by atoms with Crippen LogP contribution >= 0.6 is 0 Å². The monoisotopic (exact) mass is 237 g/mol. The maximum absolute atomic E-state index is 9.11. The molecule has 0 bridgehead atoms. The molecule has 0 saturated carbocycles. The maximum atomic E-state index is 9.11. The molecule has 3 nitrogen and oxygen atoms in total. The second-order valence-corrected chi connectivity index (χ2v) is 4.75. The number of rotatable bonds is 6. The summed E-state index contributed by atoms with van der Waals surface area (Å²) in [6.07, 6.45) is 0. The van der Waals surface area contributed by atoms with Gasteiger partial charge in [-0.2, -0.15) is 0 Å². The molecule has 0 aromatic heterocycles. The van der Waals surface area contributed by atoms with Crippen molar-refractivity contribution in [1.29, 1.82) is 0 Å². The zero-order valence-electron chi connectivity index (χ0n) is 11.1. The van der Waals surface area contributed by atoms with Gasteiger partial charge in [-0.3, -0.25) is 0 Å². The molecule has 0 aliphatic rings. The van der Waals surface area contributed by atoms with Crippen LogP contribution in [0.15, 0.2) is 24.3 Å². The Morgan fingerprint density at radius 2 is 1.76 bits per heavy atom. The molecule has 1 aromatic carbocycles. The van der Waals surface area contributed by atoms with Gasteiger partial charge in [-0.25, -0.2) is 0 Å². The zero-order chi connectivity index (χ0) is 12.8. The lowest BCUT2D eigenvalue weighted by Crippen LogP contribution is -2.35. The van der Waals surface area contributed by atoms with Gasteiger partial charge in [-0.1, -0.05) is 26.0 Å². The SMILES string of the molecule is COc1ccc([C@@H](N[C@H](C)CO)C(C)C)cc1. The highest BCUT2D eigenvalue weighted by molar-refractivity contribution is 5.29. The average Bonchev–Trinajstić information content (AvgIpc) is 2.35. The van der Waals surface area contributed by atoms with Crippen LogP contribution in [0.1, 0.15) is 32.4 Å². The highest BCUT2D eigenvalue weighted by Gasteiger charge is 2.17. The van der Waals surface area contributed by atoms with Gasteiger partial charge in [0.05, 0.1) is 13.7 Å². The van der Waals surface area contributed by atoms with Crippen LogP contribution in [0.4, 0.5) is 0 Å². The third kappa shape index (κ3) is 4.02. The lowest BCUT2D eigenvalue weighted by atomic mass is 9.95. The molecule has 17 heavy (non-hydrogen) atoms. The van der Waals surface area contributed by atoms with Gasteiger partial charge in [0.25, 0.3) is 0 Å². The summed E-state index contributed by atoms with van der Waals surface area (Å²) in [5.41, 5.74) is 1.22. The number of methoxy groups -OCH3 is 1. The molecule has 0 aliphatic heterocycles. The molecule has 0 aliphatic carbocycles. The van der Waals surface area contributed by atoms with Crippen LogP contribution in [0.2, 0.25) is 0 Å². The molecule has 3 heteroatoms. The number of aliphatic hydroxyl groups is 1. The lowest BCUT2D eigenvalue weighted by molar-refractivity contribution is 0.229. The van der Waals surface area contributed by atoms with Gasteiger partial charge in [-0.15, -0.1) is 0 Å². The molecule has 0 unspecified atom stereocenters. The Kier molecular flexibility index (Phi) is 5.45. The molecule has 0 saturated heterocycles. The molecule has 0 spiro atoms. The Hall–Kier alpha value is -1.06. The van der Waals surface area contributed by atoms with Crippen molar-refractivity contribution in [3.63, 3.8) is 0 Å². The number of hydrogen-bond acceptors (Lipinski definition) is 3. The number of nitrogens with one attached hydrogen (secondary N) is 1. The summed E-state index contributed by atoms with van der Waals surface area (Å²) >= 11 is 0. The van der Waals surface area contributed by atoms with E-state index in [9.17, 15) is 0 Å². The Balaban J connectivity index is 2.81. The second kappa shape index (κ2) is 6.62. The van der Waals surface area contributed by atoms with E-state index in [2.05, 4.69) is 31.3 Å². The highest BCUT2D eigenvalue weighted by atomic mass is 16.5. The summed E-state index contributed by atoms with van der Waals surface area (Å²) in [7, 11) is 1.67. The first-order valence-corrected chi connectivity index (χ1v) is 6.09. The molecule has 1 rings (SSSR count). The first-order chi connectivity index (χ1) is 8.08. The number of ether oxygens (including phenoxy) is 1. The van der Waals surface area contributed by atoms with Crippen molar-refractivity contribution in [3.8, 4) is 5.75 Å². The summed E-state index contributed by atoms with van der Waals surface area (Å²) in [5, 5.41) is 12.5. The van der Waals surface area contributed by atoms with Crippen LogP contribution in [0.5, 0.6) is 5.75 Å². The number of benzene rings is 1. The van der Waals surface area contributed by atoms with Crippen LogP contribution in [-0.4, -0.2) is 24.9 Å². The molecule has 1 aromatic rings. The van der Waals surface area contributed by atoms with Crippen molar-refractivity contribution in [2.24, 2.45) is 5.92 Å². The minimum absolute atomic E-state index is 0.101. The first kappa shape index (κ1) is 14.0. The van der Waals surface area contributed by atoms with E-state index in [-0.39, 0.29) is 18.7 Å². The standard InChI is InChI=1S/C14H23NO2/c1-10(2)14(15-11(3)9-16)12-5-7-13(17-4)8-6-12/h5-8,10-11,14-16H,9H2,1-4H3/t11-,14+/m1/s1. The summed E-state index contributed by atoms with van der Waals surface area (Å²) in [6, 6.07) is 8.43. The van der Waals surface area contributed by atoms with Crippen LogP contribution in [0.3, 0.4) is 0 Å². The minimum atomic E-state index is 0.101. The van der Waals surface area contributed by atoms with Gasteiger partial charge < -0.3 is 15.2 Å². The lowest BCUT2D eigenvalue weighted by Gasteiger charge is -2.26. The predicted octanol–water partition coefficient (Wildman–Crippen LogP) is 2.36. The third-order valence-corrected chi connectivity index (χ3v) is 2.88. The molecule has 0 fully saturated rings. The largest absolute Gasteiger partial charge is 0.497 e. The molecule has 2 atom stereocenters. The van der Waals surface area contributed by atoms with Crippen molar-refractivity contribution in [1.82, 2.24) is 5.32 Å². The Labute approximate surface area is 104 Å². The van der Waals surface area contributed by atoms with E-state index in [1.807, 2.05) is 19.1 Å². The molecule has 2 N–H and O–H groups in total. The number of hydrogen-bond donors (Lipinski definition) is 2. The summed E-state index contributed by atoms with van der Waals surface area (Å²) in [6.45, 7) is 6.48. The van der Waals surface area contributed by atoms with Gasteiger partial charge in [0.15, 0.2) is 0 Å². The van der Waals surface area contributed by atoms with E-state index in [4.69, 9.17) is 9.84 Å². The van der Waals surface area contributed by atoms with E-state index >= 15 is 0 Å². The number of aliphatic hydroxyl groups excluding tert-OH is 1. The Morgan fingerprint density at radius 1 is 1.18 bits per heavy atom. The Bertz CT molecular complexity index is 321. The van der Waals surface area contributed by atoms with Crippen molar-refractivity contribution >= 4 is 0 Å². The second-order valence-electron chi connectivity index (χ2n) is 4.75. The average molecular weight is 237 g/mol. The summed E-state index contributed by atoms with van der Waals surface area (Å²) in [4.78, 5) is 0. The topological polar surface area (TPSA) is 41.5 Å². The Morgan fingerprint density at radius 3 is 2.18 bits per heavy atom. The molecule has 0 radical (unpaired) electrons. The summed E-state index contributed by atoms with van der Waals surface area (Å²) in [5.74, 6) is 1.34. The molecule has 96 valence electrons. The van der Waals surface area contributed by atoms with E-state index in [0.29, 0.717) is 5.92 Å². The predicted molar refractivity (Wildman–Crippen MR) is 70.3 cm³/mol. The smallest absolute Gasteiger partial charge is 0.118 e. The molecule has 0 heterocycles. The molecule has 0 amide bonds. The highest BCUT2D eigenvalue weighted by Crippen LogP contribution is 2.24. The molecular formula is C14H23NO2. The van der Waals surface area contributed by atoms with Gasteiger partial charge in [0, 0.05) is 12.1 Å². The van der Waals surface area contributed by atoms with Crippen LogP contribution in [0.25, 0.3) is 0 Å². The summed E-state index contributed by atoms with van der Waals surface area (Å²) < 4.78 is 5.15. The van der Waals surface area contributed by atoms with Gasteiger partial charge in [0.2, 0.25) is 0 Å². The first-order valence-electron chi connectivity index (χ1n) is 6.09. The van der Waals surface area contributed by atoms with E-state index < -0.39 is 0 Å². The van der Waals surface area contributed by atoms with Crippen molar-refractivity contribution in [3.05, 3.63) is 29.8 Å². The van der Waals surface area contributed by atoms with E-state index in [0.717, 1.165) is 5.75 Å².